The molecule has 0 saturated carbocycles. The summed E-state index contributed by atoms with van der Waals surface area (Å²) in [5.74, 6) is 0. The van der Waals surface area contributed by atoms with Gasteiger partial charge >= 0.3 is 540 Å². The van der Waals surface area contributed by atoms with Crippen LogP contribution in [0.3, 0.4) is 0 Å². The van der Waals surface area contributed by atoms with E-state index in [0.717, 1.165) is 0 Å². The van der Waals surface area contributed by atoms with Gasteiger partial charge in [-0.15, -0.1) is 0 Å². The molecule has 0 aliphatic carbocycles. The second kappa shape index (κ2) is 27.0. The molecular weight excluding hydrogens is 1470 g/mol. The predicted octanol–water partition coefficient (Wildman–Crippen LogP) is 15.5. The van der Waals surface area contributed by atoms with Gasteiger partial charge in [0.1, 0.15) is 0 Å². The van der Waals surface area contributed by atoms with Crippen LogP contribution >= 0.6 is 0 Å². The van der Waals surface area contributed by atoms with Gasteiger partial charge in [-0.1, -0.05) is 0 Å². The van der Waals surface area contributed by atoms with Gasteiger partial charge in [-0.3, -0.25) is 0 Å². The van der Waals surface area contributed by atoms with E-state index in [4.69, 9.17) is 10.1 Å². The number of hydrogen-bond donors (Lipinski definition) is 0. The quantitative estimate of drug-likeness (QED) is 0.0584. The molecule has 9 aromatic rings. The van der Waals surface area contributed by atoms with Crippen LogP contribution in [0.5, 0.6) is 0 Å². The van der Waals surface area contributed by atoms with Crippen LogP contribution in [0, 0.1) is 0 Å². The zero-order chi connectivity index (χ0) is 71.5. The molecule has 9 aromatic carbocycles. The van der Waals surface area contributed by atoms with Gasteiger partial charge in [0.15, 0.2) is 0 Å². The van der Waals surface area contributed by atoms with Crippen LogP contribution in [0.15, 0.2) is 218 Å². The zero-order valence-electron chi connectivity index (χ0n) is 48.1. The molecule has 0 aromatic heterocycles. The minimum Gasteiger partial charge on any atom is -2.00 e. The second-order valence-electron chi connectivity index (χ2n) is 21.2. The maximum Gasteiger partial charge on any atom is -2.00 e. The van der Waals surface area contributed by atoms with Crippen LogP contribution in [-0.4, -0.2) is 25.0 Å². The van der Waals surface area contributed by atoms with Crippen molar-refractivity contribution >= 4 is 71.6 Å². The maximum absolute atomic E-state index is 14.6. The van der Waals surface area contributed by atoms with E-state index in [2.05, 4.69) is 0 Å². The summed E-state index contributed by atoms with van der Waals surface area (Å²) in [6.07, 6.45) is -47.5. The van der Waals surface area contributed by atoms with Gasteiger partial charge in [-0.2, -0.15) is 0 Å². The summed E-state index contributed by atoms with van der Waals surface area (Å²) >= 11 is -5.99. The SMILES string of the molecule is FC(F)(F)c1ccc([Si]([O][V+2]([O][Si](c2ccc(C(F)(F)F)cc2)(c2ccc(C(F)(F)F)cc2)c2ccc(C(F)(F)F)cc2)[O][Si](c2ccc(C(F)(F)F)cc2)(c2ccc(C(F)(F)F)cc2)c2ccc(C(F)(F)F)cc2)(c2ccc(C(F)(F)F)cc2)c2ccc(C(F)(F)F)cc2)cc1.[O-2]. The molecule has 98 heavy (non-hydrogen) atoms. The third kappa shape index (κ3) is 15.9. The van der Waals surface area contributed by atoms with Gasteiger partial charge in [0.2, 0.25) is 0 Å². The molecule has 0 fully saturated rings. The summed E-state index contributed by atoms with van der Waals surface area (Å²) in [7, 11) is -17.6. The van der Waals surface area contributed by atoms with Crippen molar-refractivity contribution in [1.29, 1.82) is 0 Å². The zero-order valence-corrected chi connectivity index (χ0v) is 52.5. The Bertz CT molecular complexity index is 3320. The van der Waals surface area contributed by atoms with Crippen LogP contribution in [0.1, 0.15) is 50.1 Å². The largest absolute Gasteiger partial charge is 2.00 e. The van der Waals surface area contributed by atoms with Crippen LogP contribution in [0.2, 0.25) is 0 Å². The van der Waals surface area contributed by atoms with Crippen molar-refractivity contribution in [1.82, 2.24) is 0 Å². The Balaban J connectivity index is 0.0000122. The van der Waals surface area contributed by atoms with Crippen molar-refractivity contribution in [2.75, 3.05) is 0 Å². The first-order chi connectivity index (χ1) is 44.7. The Hall–Kier alpha value is -7.83. The molecular formula is C63H36F27O4Si3V. The number of rotatable bonds is 15. The second-order valence-corrected chi connectivity index (χ2v) is 34.3. The molecule has 0 aliphatic rings. The Morgan fingerprint density at radius 3 is 0.316 bits per heavy atom. The van der Waals surface area contributed by atoms with Crippen molar-refractivity contribution in [3.63, 3.8) is 0 Å². The van der Waals surface area contributed by atoms with E-state index >= 15 is 0 Å². The predicted molar refractivity (Wildman–Crippen MR) is 301 cm³/mol. The molecule has 0 aliphatic heterocycles. The summed E-state index contributed by atoms with van der Waals surface area (Å²) in [5.41, 5.74) is -13.6. The van der Waals surface area contributed by atoms with Crippen LogP contribution < -0.4 is 46.7 Å². The fourth-order valence-corrected chi connectivity index (χ4v) is 30.4. The van der Waals surface area contributed by atoms with Crippen LogP contribution in [0.4, 0.5) is 119 Å². The van der Waals surface area contributed by atoms with Gasteiger partial charge in [-0.05, 0) is 0 Å². The van der Waals surface area contributed by atoms with Gasteiger partial charge in [0.25, 0.3) is 0 Å². The molecule has 0 atom stereocenters. The average Bonchev–Trinajstić information content (AvgIpc) is 0.722. The molecule has 0 radical (unpaired) electrons. The summed E-state index contributed by atoms with van der Waals surface area (Å²) in [6.45, 7) is 0. The molecule has 0 unspecified atom stereocenters. The monoisotopic (exact) mass is 1500 g/mol. The molecule has 0 bridgehead atoms. The topological polar surface area (TPSA) is 56.2 Å². The summed E-state index contributed by atoms with van der Waals surface area (Å²) in [5, 5.41) is -6.10. The molecule has 518 valence electrons. The molecule has 0 spiro atoms. The van der Waals surface area contributed by atoms with Crippen molar-refractivity contribution < 1.29 is 150 Å². The van der Waals surface area contributed by atoms with E-state index in [1.54, 1.807) is 0 Å². The standard InChI is InChI=1S/3C21H12F9OSi.O.V/c3*22-19(23,24)13-1-7-16(8-2-13)32(31,17-9-3-14(4-10-17)20(25,26)27)18-11-5-15(6-12-18)21(28,29)30;;/h3*1-12H;;/q3*-1;-2;+5. The van der Waals surface area contributed by atoms with Gasteiger partial charge < -0.3 is 5.48 Å². The van der Waals surface area contributed by atoms with E-state index in [1.165, 1.54) is 0 Å². The van der Waals surface area contributed by atoms with Crippen molar-refractivity contribution in [2.24, 2.45) is 0 Å². The molecule has 0 heterocycles. The summed E-state index contributed by atoms with van der Waals surface area (Å²) in [4.78, 5) is 0. The van der Waals surface area contributed by atoms with Gasteiger partial charge in [0, 0.05) is 0 Å². The third-order valence-corrected chi connectivity index (χ3v) is 32.7. The van der Waals surface area contributed by atoms with Crippen LogP contribution in [0.25, 0.3) is 0 Å². The van der Waals surface area contributed by atoms with E-state index in [1.807, 2.05) is 0 Å². The van der Waals surface area contributed by atoms with E-state index in [0.29, 0.717) is 218 Å². The number of benzene rings is 9. The Labute approximate surface area is 543 Å². The number of halogens is 27. The first-order valence-electron chi connectivity index (χ1n) is 27.2. The van der Waals surface area contributed by atoms with Gasteiger partial charge in [-0.25, -0.2) is 0 Å². The molecule has 0 amide bonds. The number of alkyl halides is 27. The Morgan fingerprint density at radius 2 is 0.245 bits per heavy atom. The first-order valence-corrected chi connectivity index (χ1v) is 34.6. The minimum atomic E-state index is -5.99. The molecule has 9 rings (SSSR count). The minimum absolute atomic E-state index is 0. The first kappa shape index (κ1) is 75.9. The van der Waals surface area contributed by atoms with Gasteiger partial charge in [0.05, 0.1) is 0 Å². The van der Waals surface area contributed by atoms with E-state index in [9.17, 15) is 119 Å². The average molecular weight is 1510 g/mol. The van der Waals surface area contributed by atoms with Crippen molar-refractivity contribution in [3.05, 3.63) is 268 Å². The van der Waals surface area contributed by atoms with Crippen LogP contribution in [-0.2, 0) is 87.3 Å². The van der Waals surface area contributed by atoms with Crippen molar-refractivity contribution in [3.8, 4) is 0 Å². The van der Waals surface area contributed by atoms with E-state index < -0.39 is 194 Å². The molecule has 4 nitrogen and oxygen atoms in total. The fraction of sp³-hybridized carbons (Fsp3) is 0.143. The fourth-order valence-electron chi connectivity index (χ4n) is 10.4. The summed E-state index contributed by atoms with van der Waals surface area (Å²) in [6, 6.07) is 16.5. The van der Waals surface area contributed by atoms with Crippen molar-refractivity contribution in [2.45, 2.75) is 55.6 Å². The molecule has 35 heteroatoms. The Morgan fingerprint density at radius 1 is 0.163 bits per heavy atom. The smallest absolute Gasteiger partial charge is 2.00 e. The molecule has 0 N–H and O–H groups in total. The summed E-state index contributed by atoms with van der Waals surface area (Å²) < 4.78 is 417. The normalized spacial score (nSPS) is 13.5. The maximum atomic E-state index is 14.6. The molecule has 0 saturated heterocycles. The third-order valence-electron chi connectivity index (χ3n) is 15.2. The Kier molecular flexibility index (Phi) is 20.9. The number of hydrogen-bond acceptors (Lipinski definition) is 3. The van der Waals surface area contributed by atoms with E-state index in [-0.39, 0.29) is 5.48 Å².